The van der Waals surface area contributed by atoms with Crippen LogP contribution in [-0.2, 0) is 9.53 Å². The average Bonchev–Trinajstić information content (AvgIpc) is 2.11. The number of carbonyl (C=O) groups is 1. The van der Waals surface area contributed by atoms with Crippen LogP contribution in [0.5, 0.6) is 0 Å². The molecule has 0 bridgehead atoms. The van der Waals surface area contributed by atoms with Gasteiger partial charge >= 0.3 is 24.0 Å². The summed E-state index contributed by atoms with van der Waals surface area (Å²) in [5.74, 6) is -14.7. The minimum absolute atomic E-state index is 0.800. The van der Waals surface area contributed by atoms with Gasteiger partial charge in [-0.3, -0.25) is 4.79 Å². The maximum absolute atomic E-state index is 13.1. The van der Waals surface area contributed by atoms with E-state index in [2.05, 4.69) is 4.74 Å². The van der Waals surface area contributed by atoms with Crippen LogP contribution in [0.25, 0.3) is 0 Å². The summed E-state index contributed by atoms with van der Waals surface area (Å²) in [5.41, 5.74) is -1.06. The molecule has 0 saturated heterocycles. The quantitative estimate of drug-likeness (QED) is 0.575. The average molecular weight is 312 g/mol. The summed E-state index contributed by atoms with van der Waals surface area (Å²) in [6.07, 6.45) is -8.36. The summed E-state index contributed by atoms with van der Waals surface area (Å²) in [6.45, 7) is 5.01. The van der Waals surface area contributed by atoms with Gasteiger partial charge in [0.15, 0.2) is 0 Å². The van der Waals surface area contributed by atoms with E-state index in [9.17, 15) is 35.5 Å². The molecule has 0 aliphatic carbocycles. The largest absolute Gasteiger partial charge is 0.460 e. The molecule has 0 amide bonds. The first kappa shape index (κ1) is 19.0. The van der Waals surface area contributed by atoms with Crippen molar-refractivity contribution in [2.24, 2.45) is 5.92 Å². The lowest BCUT2D eigenvalue weighted by Gasteiger charge is -2.30. The van der Waals surface area contributed by atoms with E-state index in [1.807, 2.05) is 0 Å². The summed E-state index contributed by atoms with van der Waals surface area (Å²) in [7, 11) is 0. The molecule has 0 fully saturated rings. The zero-order valence-electron chi connectivity index (χ0n) is 11.2. The normalized spacial score (nSPS) is 15.9. The molecule has 0 spiro atoms. The predicted octanol–water partition coefficient (Wildman–Crippen LogP) is 4.19. The van der Waals surface area contributed by atoms with Gasteiger partial charge in [-0.2, -0.15) is 30.7 Å². The van der Waals surface area contributed by atoms with Crippen molar-refractivity contribution in [3.63, 3.8) is 0 Å². The SMILES string of the molecule is CC(CC(F)(F)C(F)(F)C(F)(F)F)C(=O)OC(C)(C)C. The van der Waals surface area contributed by atoms with E-state index in [4.69, 9.17) is 0 Å². The summed E-state index contributed by atoms with van der Waals surface area (Å²) in [5, 5.41) is 0. The number of halogens is 7. The van der Waals surface area contributed by atoms with Crippen LogP contribution < -0.4 is 0 Å². The van der Waals surface area contributed by atoms with Crippen LogP contribution in [0, 0.1) is 5.92 Å². The number of alkyl halides is 7. The first-order valence-electron chi connectivity index (χ1n) is 5.56. The molecule has 0 aliphatic rings. The Morgan fingerprint density at radius 3 is 1.70 bits per heavy atom. The molecule has 0 aromatic carbocycles. The smallest absolute Gasteiger partial charge is 0.459 e. The van der Waals surface area contributed by atoms with Gasteiger partial charge in [0.1, 0.15) is 5.60 Å². The fraction of sp³-hybridized carbons (Fsp3) is 0.909. The Bertz CT molecular complexity index is 355. The lowest BCUT2D eigenvalue weighted by atomic mass is 9.98. The van der Waals surface area contributed by atoms with Gasteiger partial charge in [-0.05, 0) is 20.8 Å². The highest BCUT2D eigenvalue weighted by Gasteiger charge is 2.72. The molecule has 1 atom stereocenters. The van der Waals surface area contributed by atoms with Crippen LogP contribution in [-0.4, -0.2) is 29.6 Å². The first-order valence-corrected chi connectivity index (χ1v) is 5.56. The monoisotopic (exact) mass is 312 g/mol. The minimum atomic E-state index is -6.40. The van der Waals surface area contributed by atoms with Crippen LogP contribution in [0.3, 0.4) is 0 Å². The highest BCUT2D eigenvalue weighted by atomic mass is 19.4. The van der Waals surface area contributed by atoms with Crippen LogP contribution in [0.15, 0.2) is 0 Å². The van der Waals surface area contributed by atoms with Crippen molar-refractivity contribution in [3.8, 4) is 0 Å². The predicted molar refractivity (Wildman–Crippen MR) is 55.6 cm³/mol. The number of esters is 1. The molecule has 0 heterocycles. The molecule has 0 N–H and O–H groups in total. The summed E-state index contributed by atoms with van der Waals surface area (Å²) in [4.78, 5) is 11.3. The Kier molecular flexibility index (Phi) is 5.13. The van der Waals surface area contributed by atoms with E-state index >= 15 is 0 Å². The minimum Gasteiger partial charge on any atom is -0.460 e. The van der Waals surface area contributed by atoms with E-state index in [0.717, 1.165) is 6.92 Å². The van der Waals surface area contributed by atoms with Gasteiger partial charge in [-0.1, -0.05) is 6.92 Å². The fourth-order valence-corrected chi connectivity index (χ4v) is 1.21. The zero-order chi connectivity index (χ0) is 16.6. The second-order valence-corrected chi connectivity index (χ2v) is 5.42. The van der Waals surface area contributed by atoms with E-state index in [-0.39, 0.29) is 0 Å². The third-order valence-electron chi connectivity index (χ3n) is 2.19. The Balaban J connectivity index is 4.98. The summed E-state index contributed by atoms with van der Waals surface area (Å²) in [6, 6.07) is 0. The third kappa shape index (κ3) is 4.52. The highest BCUT2D eigenvalue weighted by Crippen LogP contribution is 2.49. The Morgan fingerprint density at radius 2 is 1.40 bits per heavy atom. The molecule has 20 heavy (non-hydrogen) atoms. The fourth-order valence-electron chi connectivity index (χ4n) is 1.21. The van der Waals surface area contributed by atoms with Crippen LogP contribution >= 0.6 is 0 Å². The molecule has 1 unspecified atom stereocenters. The molecule has 2 nitrogen and oxygen atoms in total. The third-order valence-corrected chi connectivity index (χ3v) is 2.19. The number of rotatable bonds is 4. The summed E-state index contributed by atoms with van der Waals surface area (Å²) < 4.78 is 91.8. The molecular weight excluding hydrogens is 297 g/mol. The van der Waals surface area contributed by atoms with Crippen molar-refractivity contribution in [1.82, 2.24) is 0 Å². The topological polar surface area (TPSA) is 26.3 Å². The van der Waals surface area contributed by atoms with E-state index in [0.29, 0.717) is 0 Å². The zero-order valence-corrected chi connectivity index (χ0v) is 11.2. The Labute approximate surface area is 111 Å². The Hall–Kier alpha value is -1.02. The number of hydrogen-bond acceptors (Lipinski definition) is 2. The van der Waals surface area contributed by atoms with Gasteiger partial charge in [-0.15, -0.1) is 0 Å². The van der Waals surface area contributed by atoms with E-state index in [1.165, 1.54) is 20.8 Å². The maximum atomic E-state index is 13.1. The van der Waals surface area contributed by atoms with Gasteiger partial charge in [-0.25, -0.2) is 0 Å². The van der Waals surface area contributed by atoms with Crippen molar-refractivity contribution < 1.29 is 40.3 Å². The molecule has 120 valence electrons. The van der Waals surface area contributed by atoms with Crippen LogP contribution in [0.4, 0.5) is 30.7 Å². The lowest BCUT2D eigenvalue weighted by molar-refractivity contribution is -0.357. The maximum Gasteiger partial charge on any atom is 0.459 e. The van der Waals surface area contributed by atoms with Crippen LogP contribution in [0.1, 0.15) is 34.1 Å². The second kappa shape index (κ2) is 5.40. The van der Waals surface area contributed by atoms with Gasteiger partial charge in [0.25, 0.3) is 0 Å². The molecule has 0 saturated carbocycles. The van der Waals surface area contributed by atoms with Gasteiger partial charge in [0.05, 0.1) is 5.92 Å². The number of ether oxygens (including phenoxy) is 1. The van der Waals surface area contributed by atoms with Crippen LogP contribution in [0.2, 0.25) is 0 Å². The number of hydrogen-bond donors (Lipinski definition) is 0. The molecule has 9 heteroatoms. The first-order chi connectivity index (χ1) is 8.51. The van der Waals surface area contributed by atoms with Crippen molar-refractivity contribution >= 4 is 5.97 Å². The molecular formula is C11H15F7O2. The lowest BCUT2D eigenvalue weighted by Crippen LogP contribution is -2.53. The molecule has 0 aliphatic heterocycles. The van der Waals surface area contributed by atoms with Crippen molar-refractivity contribution in [2.75, 3.05) is 0 Å². The van der Waals surface area contributed by atoms with Crippen molar-refractivity contribution in [1.29, 1.82) is 0 Å². The molecule has 0 radical (unpaired) electrons. The van der Waals surface area contributed by atoms with Crippen molar-refractivity contribution in [3.05, 3.63) is 0 Å². The van der Waals surface area contributed by atoms with Gasteiger partial charge in [0, 0.05) is 6.42 Å². The van der Waals surface area contributed by atoms with E-state index in [1.54, 1.807) is 0 Å². The standard InChI is InChI=1S/C11H15F7O2/c1-6(7(19)20-8(2,3)4)5-9(12,13)10(14,15)11(16,17)18/h6H,5H2,1-4H3. The molecule has 0 aromatic heterocycles. The van der Waals surface area contributed by atoms with Gasteiger partial charge in [0.2, 0.25) is 0 Å². The highest BCUT2D eigenvalue weighted by molar-refractivity contribution is 5.72. The number of carbonyl (C=O) groups excluding carboxylic acids is 1. The van der Waals surface area contributed by atoms with E-state index < -0.39 is 41.9 Å². The molecule has 0 rings (SSSR count). The second-order valence-electron chi connectivity index (χ2n) is 5.42. The Morgan fingerprint density at radius 1 is 1.00 bits per heavy atom. The van der Waals surface area contributed by atoms with Crippen molar-refractivity contribution in [2.45, 2.75) is 57.7 Å². The van der Waals surface area contributed by atoms with Gasteiger partial charge < -0.3 is 4.74 Å². The summed E-state index contributed by atoms with van der Waals surface area (Å²) >= 11 is 0. The molecule has 0 aromatic rings.